The van der Waals surface area contributed by atoms with Gasteiger partial charge in [-0.2, -0.15) is 5.06 Å². The third kappa shape index (κ3) is 3.19. The van der Waals surface area contributed by atoms with E-state index < -0.39 is 6.04 Å². The normalized spacial score (nSPS) is 16.0. The molecule has 0 aliphatic carbocycles. The monoisotopic (exact) mass is 364 g/mol. The minimum atomic E-state index is -0.521. The highest BCUT2D eigenvalue weighted by Gasteiger charge is 2.41. The highest BCUT2D eigenvalue weighted by atomic mass is 16.7. The molecule has 1 aromatic heterocycles. The Morgan fingerprint density at radius 3 is 2.59 bits per heavy atom. The fourth-order valence-corrected chi connectivity index (χ4v) is 3.42. The molecule has 6 heteroatoms. The molecule has 0 N–H and O–H groups in total. The van der Waals surface area contributed by atoms with Crippen LogP contribution in [0.15, 0.2) is 60.7 Å². The maximum atomic E-state index is 13.1. The van der Waals surface area contributed by atoms with Gasteiger partial charge in [0.25, 0.3) is 0 Å². The number of esters is 1. The standard InChI is InChI=1S/C21H20N2O4/c1-2-26-20(24)13-19-18-12-16-10-6-7-11-17(16)22(18)21(25)23(19)27-14-15-8-4-3-5-9-15/h3-12,19H,2,13-14H2,1H3. The first-order chi connectivity index (χ1) is 13.2. The lowest BCUT2D eigenvalue weighted by atomic mass is 10.1. The maximum absolute atomic E-state index is 13.1. The van der Waals surface area contributed by atoms with Crippen molar-refractivity contribution in [1.82, 2.24) is 9.63 Å². The summed E-state index contributed by atoms with van der Waals surface area (Å²) in [5.41, 5.74) is 2.49. The molecule has 6 nitrogen and oxygen atoms in total. The van der Waals surface area contributed by atoms with E-state index in [2.05, 4.69) is 0 Å². The van der Waals surface area contributed by atoms with Crippen molar-refractivity contribution in [3.8, 4) is 0 Å². The first-order valence-electron chi connectivity index (χ1n) is 8.95. The second-order valence-corrected chi connectivity index (χ2v) is 6.36. The van der Waals surface area contributed by atoms with Crippen LogP contribution in [0.5, 0.6) is 0 Å². The van der Waals surface area contributed by atoms with Crippen LogP contribution in [0.3, 0.4) is 0 Å². The molecule has 1 unspecified atom stereocenters. The SMILES string of the molecule is CCOC(=O)CC1c2cc3ccccc3n2C(=O)N1OCc1ccccc1. The summed E-state index contributed by atoms with van der Waals surface area (Å²) in [6.07, 6.45) is 0.0463. The number of para-hydroxylation sites is 1. The van der Waals surface area contributed by atoms with Gasteiger partial charge in [-0.25, -0.2) is 4.79 Å². The summed E-state index contributed by atoms with van der Waals surface area (Å²) < 4.78 is 6.71. The summed E-state index contributed by atoms with van der Waals surface area (Å²) >= 11 is 0. The Hall–Kier alpha value is -3.12. The van der Waals surface area contributed by atoms with Crippen molar-refractivity contribution >= 4 is 22.9 Å². The molecule has 1 aliphatic rings. The predicted octanol–water partition coefficient (Wildman–Crippen LogP) is 4.05. The molecule has 4 rings (SSSR count). The Labute approximate surface area is 156 Å². The number of hydrogen-bond acceptors (Lipinski definition) is 4. The third-order valence-electron chi connectivity index (χ3n) is 4.62. The number of rotatable bonds is 6. The van der Waals surface area contributed by atoms with Crippen molar-refractivity contribution < 1.29 is 19.2 Å². The van der Waals surface area contributed by atoms with E-state index in [1.807, 2.05) is 60.7 Å². The van der Waals surface area contributed by atoms with Crippen molar-refractivity contribution in [3.05, 3.63) is 71.9 Å². The van der Waals surface area contributed by atoms with Crippen molar-refractivity contribution in [1.29, 1.82) is 0 Å². The molecule has 1 aliphatic heterocycles. The van der Waals surface area contributed by atoms with Gasteiger partial charge in [0.2, 0.25) is 0 Å². The molecule has 1 atom stereocenters. The average Bonchev–Trinajstić information content (AvgIpc) is 3.17. The number of carbonyl (C=O) groups excluding carboxylic acids is 2. The van der Waals surface area contributed by atoms with Gasteiger partial charge < -0.3 is 4.74 Å². The Balaban J connectivity index is 1.66. The second kappa shape index (κ2) is 7.25. The molecule has 0 saturated carbocycles. The van der Waals surface area contributed by atoms with Gasteiger partial charge >= 0.3 is 12.0 Å². The number of hydroxylamine groups is 2. The molecule has 2 aromatic carbocycles. The Morgan fingerprint density at radius 1 is 1.07 bits per heavy atom. The Morgan fingerprint density at radius 2 is 1.81 bits per heavy atom. The van der Waals surface area contributed by atoms with Crippen LogP contribution in [0, 0.1) is 0 Å². The van der Waals surface area contributed by atoms with Gasteiger partial charge in [0.15, 0.2) is 0 Å². The van der Waals surface area contributed by atoms with Crippen LogP contribution in [0.4, 0.5) is 4.79 Å². The van der Waals surface area contributed by atoms with Crippen LogP contribution in [0.2, 0.25) is 0 Å². The number of hydrogen-bond donors (Lipinski definition) is 0. The molecule has 0 fully saturated rings. The van der Waals surface area contributed by atoms with Gasteiger partial charge in [0.1, 0.15) is 12.6 Å². The molecule has 138 valence electrons. The van der Waals surface area contributed by atoms with E-state index in [1.165, 1.54) is 5.06 Å². The number of carbonyl (C=O) groups is 2. The molecule has 3 aromatic rings. The minimum Gasteiger partial charge on any atom is -0.466 e. The van der Waals surface area contributed by atoms with Crippen LogP contribution in [0.1, 0.15) is 30.6 Å². The van der Waals surface area contributed by atoms with Gasteiger partial charge in [0, 0.05) is 5.39 Å². The number of nitrogens with zero attached hydrogens (tertiary/aromatic N) is 2. The van der Waals surface area contributed by atoms with Gasteiger partial charge in [0.05, 0.1) is 24.2 Å². The summed E-state index contributed by atoms with van der Waals surface area (Å²) in [7, 11) is 0. The van der Waals surface area contributed by atoms with Crippen molar-refractivity contribution in [2.75, 3.05) is 6.61 Å². The minimum absolute atomic E-state index is 0.0463. The number of aromatic nitrogens is 1. The zero-order valence-corrected chi connectivity index (χ0v) is 15.0. The second-order valence-electron chi connectivity index (χ2n) is 6.36. The van der Waals surface area contributed by atoms with Crippen LogP contribution in [-0.2, 0) is 21.0 Å². The molecule has 1 amide bonds. The molecule has 0 spiro atoms. The van der Waals surface area contributed by atoms with Crippen molar-refractivity contribution in [3.63, 3.8) is 0 Å². The number of ether oxygens (including phenoxy) is 1. The molecule has 0 saturated heterocycles. The highest BCUT2D eigenvalue weighted by Crippen LogP contribution is 2.37. The third-order valence-corrected chi connectivity index (χ3v) is 4.62. The first kappa shape index (κ1) is 17.3. The van der Waals surface area contributed by atoms with E-state index in [1.54, 1.807) is 11.5 Å². The smallest absolute Gasteiger partial charge is 0.353 e. The van der Waals surface area contributed by atoms with E-state index in [0.29, 0.717) is 6.61 Å². The van der Waals surface area contributed by atoms with Crippen LogP contribution < -0.4 is 0 Å². The lowest BCUT2D eigenvalue weighted by molar-refractivity contribution is -0.163. The summed E-state index contributed by atoms with van der Waals surface area (Å²) in [5, 5.41) is 2.25. The highest BCUT2D eigenvalue weighted by molar-refractivity contribution is 5.95. The molecular formula is C21H20N2O4. The first-order valence-corrected chi connectivity index (χ1v) is 8.95. The largest absolute Gasteiger partial charge is 0.466 e. The lowest BCUT2D eigenvalue weighted by Gasteiger charge is -2.22. The molecule has 27 heavy (non-hydrogen) atoms. The molecular weight excluding hydrogens is 344 g/mol. The summed E-state index contributed by atoms with van der Waals surface area (Å²) in [6, 6.07) is 18.4. The number of fused-ring (bicyclic) bond motifs is 3. The fraction of sp³-hybridized carbons (Fsp3) is 0.238. The van der Waals surface area contributed by atoms with E-state index in [4.69, 9.17) is 9.57 Å². The Kier molecular flexibility index (Phi) is 4.64. The predicted molar refractivity (Wildman–Crippen MR) is 99.8 cm³/mol. The topological polar surface area (TPSA) is 60.8 Å². The van der Waals surface area contributed by atoms with Gasteiger partial charge in [-0.15, -0.1) is 0 Å². The molecule has 0 radical (unpaired) electrons. The molecule has 0 bridgehead atoms. The fourth-order valence-electron chi connectivity index (χ4n) is 3.42. The van der Waals surface area contributed by atoms with Gasteiger partial charge in [-0.05, 0) is 24.6 Å². The quantitative estimate of drug-likeness (QED) is 0.619. The van der Waals surface area contributed by atoms with Crippen LogP contribution >= 0.6 is 0 Å². The number of benzene rings is 2. The molecule has 2 heterocycles. The zero-order valence-electron chi connectivity index (χ0n) is 15.0. The van der Waals surface area contributed by atoms with Crippen molar-refractivity contribution in [2.45, 2.75) is 26.0 Å². The van der Waals surface area contributed by atoms with Gasteiger partial charge in [-0.1, -0.05) is 48.5 Å². The van der Waals surface area contributed by atoms with E-state index in [-0.39, 0.29) is 25.0 Å². The van der Waals surface area contributed by atoms with E-state index in [0.717, 1.165) is 22.2 Å². The summed E-state index contributed by atoms with van der Waals surface area (Å²) in [4.78, 5) is 31.0. The maximum Gasteiger partial charge on any atom is 0.353 e. The number of amides is 1. The summed E-state index contributed by atoms with van der Waals surface area (Å²) in [6.45, 7) is 2.31. The van der Waals surface area contributed by atoms with Gasteiger partial charge in [-0.3, -0.25) is 14.2 Å². The van der Waals surface area contributed by atoms with Crippen LogP contribution in [-0.4, -0.2) is 28.2 Å². The average molecular weight is 364 g/mol. The van der Waals surface area contributed by atoms with E-state index >= 15 is 0 Å². The Bertz CT molecular complexity index is 980. The van der Waals surface area contributed by atoms with Crippen LogP contribution in [0.25, 0.3) is 10.9 Å². The van der Waals surface area contributed by atoms with E-state index in [9.17, 15) is 9.59 Å². The lowest BCUT2D eigenvalue weighted by Crippen LogP contribution is -2.31. The summed E-state index contributed by atoms with van der Waals surface area (Å²) in [5.74, 6) is -0.359. The zero-order chi connectivity index (χ0) is 18.8. The van der Waals surface area contributed by atoms with Crippen molar-refractivity contribution in [2.24, 2.45) is 0 Å².